The van der Waals surface area contributed by atoms with E-state index < -0.39 is 19.2 Å². The molecule has 0 aromatic rings. The smallest absolute Gasteiger partial charge is 0.303 e. The van der Waals surface area contributed by atoms with E-state index in [9.17, 15) is 4.79 Å². The highest BCUT2D eigenvalue weighted by molar-refractivity contribution is 5.66. The van der Waals surface area contributed by atoms with Gasteiger partial charge in [-0.05, 0) is 32.1 Å². The number of carboxylic acid groups (broad SMARTS) is 1. The second kappa shape index (κ2) is 16.0. The minimum Gasteiger partial charge on any atom is -0.481 e. The number of hydrogen-bond donors (Lipinski definition) is 1. The summed E-state index contributed by atoms with van der Waals surface area (Å²) in [7, 11) is 0. The summed E-state index contributed by atoms with van der Waals surface area (Å²) >= 11 is 0. The van der Waals surface area contributed by atoms with E-state index in [0.29, 0.717) is 6.42 Å². The summed E-state index contributed by atoms with van der Waals surface area (Å²) in [5.41, 5.74) is 0. The number of hydrogen-bond acceptors (Lipinski definition) is 1. The Morgan fingerprint density at radius 3 is 2.10 bits per heavy atom. The molecule has 0 aliphatic carbocycles. The second-order valence-electron chi connectivity index (χ2n) is 5.01. The van der Waals surface area contributed by atoms with Crippen LogP contribution in [0.1, 0.15) is 89.4 Å². The number of aliphatic carboxylic acids is 1. The average Bonchev–Trinajstić information content (AvgIpc) is 2.50. The van der Waals surface area contributed by atoms with E-state index in [1.54, 1.807) is 0 Å². The maximum Gasteiger partial charge on any atom is 0.303 e. The maximum absolute atomic E-state index is 10.3. The fourth-order valence-electron chi connectivity index (χ4n) is 1.91. The molecule has 0 radical (unpaired) electrons. The van der Waals surface area contributed by atoms with Gasteiger partial charge in [-0.3, -0.25) is 4.79 Å². The Hall–Kier alpha value is -1.05. The number of unbranched alkanes of at least 4 members (excludes halogenated alkanes) is 7. The van der Waals surface area contributed by atoms with Crippen LogP contribution in [0.15, 0.2) is 24.3 Å². The Labute approximate surface area is 130 Å². The third-order valence-corrected chi connectivity index (χ3v) is 3.09. The first-order chi connectivity index (χ1) is 11.4. The molecule has 2 heteroatoms. The lowest BCUT2D eigenvalue weighted by Gasteiger charge is -1.97. The fraction of sp³-hybridized carbons (Fsp3) is 0.722. The van der Waals surface area contributed by atoms with Gasteiger partial charge in [0.1, 0.15) is 0 Å². The van der Waals surface area contributed by atoms with Crippen LogP contribution >= 0.6 is 0 Å². The summed E-state index contributed by atoms with van der Waals surface area (Å²) in [6.07, 6.45) is 15.8. The average molecular weight is 284 g/mol. The predicted molar refractivity (Wildman–Crippen MR) is 87.0 cm³/mol. The lowest BCUT2D eigenvalue weighted by atomic mass is 10.1. The quantitative estimate of drug-likeness (QED) is 0.319. The van der Waals surface area contributed by atoms with Crippen LogP contribution in [0.3, 0.4) is 0 Å². The Morgan fingerprint density at radius 2 is 1.50 bits per heavy atom. The summed E-state index contributed by atoms with van der Waals surface area (Å²) in [5.74, 6) is -0.708. The van der Waals surface area contributed by atoms with Gasteiger partial charge in [0.05, 0.1) is 0 Å². The van der Waals surface area contributed by atoms with Gasteiger partial charge in [0, 0.05) is 11.9 Å². The molecule has 0 atom stereocenters. The van der Waals surface area contributed by atoms with Crippen LogP contribution in [-0.2, 0) is 4.79 Å². The molecular formula is C18H32O2. The highest BCUT2D eigenvalue weighted by Gasteiger charge is 1.95. The van der Waals surface area contributed by atoms with Crippen molar-refractivity contribution in [3.05, 3.63) is 24.3 Å². The largest absolute Gasteiger partial charge is 0.481 e. The first-order valence-electron chi connectivity index (χ1n) is 9.89. The van der Waals surface area contributed by atoms with Gasteiger partial charge in [0.2, 0.25) is 0 Å². The van der Waals surface area contributed by atoms with Crippen LogP contribution in [0.25, 0.3) is 0 Å². The predicted octanol–water partition coefficient (Wildman–Crippen LogP) is 5.88. The number of carbonyl (C=O) groups is 1. The molecule has 0 aliphatic rings. The van der Waals surface area contributed by atoms with Crippen LogP contribution in [0.2, 0.25) is 0 Å². The number of allylic oxidation sites excluding steroid dienone is 4. The SMILES string of the molecule is [2H]C([2H])C([2H])([2H])CCCC/C=C/C=C\CCCCCCCC(=O)O. The first kappa shape index (κ1) is 12.7. The van der Waals surface area contributed by atoms with Crippen LogP contribution in [0, 0.1) is 0 Å². The van der Waals surface area contributed by atoms with Gasteiger partial charge in [-0.25, -0.2) is 0 Å². The summed E-state index contributed by atoms with van der Waals surface area (Å²) in [6.45, 7) is -1.41. The summed E-state index contributed by atoms with van der Waals surface area (Å²) < 4.78 is 29.2. The molecule has 0 aliphatic heterocycles. The van der Waals surface area contributed by atoms with E-state index in [-0.39, 0.29) is 12.8 Å². The van der Waals surface area contributed by atoms with Gasteiger partial charge in [0.25, 0.3) is 0 Å². The van der Waals surface area contributed by atoms with Gasteiger partial charge in [-0.2, -0.15) is 0 Å². The molecule has 0 aromatic heterocycles. The molecule has 0 unspecified atom stereocenters. The molecule has 0 amide bonds. The van der Waals surface area contributed by atoms with Crippen molar-refractivity contribution >= 4 is 5.97 Å². The maximum atomic E-state index is 10.3. The summed E-state index contributed by atoms with van der Waals surface area (Å²) in [5, 5.41) is 8.51. The van der Waals surface area contributed by atoms with E-state index >= 15 is 0 Å². The van der Waals surface area contributed by atoms with Gasteiger partial charge in [-0.1, -0.05) is 69.7 Å². The third-order valence-electron chi connectivity index (χ3n) is 3.09. The number of carboxylic acids is 1. The molecule has 1 N–H and O–H groups in total. The summed E-state index contributed by atoms with van der Waals surface area (Å²) in [6, 6.07) is 0. The van der Waals surface area contributed by atoms with Gasteiger partial charge < -0.3 is 5.11 Å². The molecule has 0 rings (SSSR count). The molecule has 116 valence electrons. The lowest BCUT2D eigenvalue weighted by molar-refractivity contribution is -0.137. The molecule has 0 saturated heterocycles. The molecule has 0 fully saturated rings. The van der Waals surface area contributed by atoms with Gasteiger partial charge in [0.15, 0.2) is 0 Å². The Bertz CT molecular complexity index is 379. The van der Waals surface area contributed by atoms with E-state index in [1.807, 2.05) is 12.2 Å². The standard InChI is InChI=1S/C18H32O2/c1-2-3-4-5-6-7-8-9-10-11-12-13-14-15-16-17-18(19)20/h7-10H,2-6,11-17H2,1H3,(H,19,20)/b8-7+,10-9-/i1D2,2D2. The van der Waals surface area contributed by atoms with E-state index in [1.165, 1.54) is 0 Å². The number of rotatable bonds is 14. The highest BCUT2D eigenvalue weighted by atomic mass is 16.4. The topological polar surface area (TPSA) is 37.3 Å². The zero-order valence-electron chi connectivity index (χ0n) is 16.5. The zero-order valence-corrected chi connectivity index (χ0v) is 12.5. The monoisotopic (exact) mass is 284 g/mol. The van der Waals surface area contributed by atoms with Gasteiger partial charge >= 0.3 is 5.97 Å². The highest BCUT2D eigenvalue weighted by Crippen LogP contribution is 2.07. The first-order valence-corrected chi connectivity index (χ1v) is 7.74. The second-order valence-corrected chi connectivity index (χ2v) is 5.01. The van der Waals surface area contributed by atoms with Crippen molar-refractivity contribution in [3.63, 3.8) is 0 Å². The molecule has 0 bridgehead atoms. The van der Waals surface area contributed by atoms with E-state index in [2.05, 4.69) is 12.2 Å². The van der Waals surface area contributed by atoms with Crippen molar-refractivity contribution in [2.45, 2.75) is 83.9 Å². The Kier molecular flexibility index (Phi) is 10.1. The Morgan fingerprint density at radius 1 is 0.950 bits per heavy atom. The Balaban J connectivity index is 3.42. The summed E-state index contributed by atoms with van der Waals surface area (Å²) in [4.78, 5) is 10.3. The third kappa shape index (κ3) is 16.9. The van der Waals surface area contributed by atoms with E-state index in [4.69, 9.17) is 10.6 Å². The lowest BCUT2D eigenvalue weighted by Crippen LogP contribution is -1.93. The van der Waals surface area contributed by atoms with Crippen LogP contribution < -0.4 is 0 Å². The van der Waals surface area contributed by atoms with Crippen molar-refractivity contribution < 1.29 is 15.4 Å². The van der Waals surface area contributed by atoms with Crippen molar-refractivity contribution in [3.8, 4) is 0 Å². The molecule has 2 nitrogen and oxygen atoms in total. The molecule has 0 heterocycles. The fourth-order valence-corrected chi connectivity index (χ4v) is 1.91. The zero-order chi connectivity index (χ0) is 18.3. The van der Waals surface area contributed by atoms with Crippen molar-refractivity contribution in [1.82, 2.24) is 0 Å². The molecule has 0 aromatic carbocycles. The van der Waals surface area contributed by atoms with Crippen LogP contribution in [0.4, 0.5) is 0 Å². The van der Waals surface area contributed by atoms with E-state index in [0.717, 1.165) is 51.4 Å². The minimum atomic E-state index is -1.70. The molecule has 0 spiro atoms. The minimum absolute atomic E-state index is 0.279. The van der Waals surface area contributed by atoms with Crippen LogP contribution in [-0.4, -0.2) is 11.1 Å². The van der Waals surface area contributed by atoms with Crippen molar-refractivity contribution in [1.29, 1.82) is 0 Å². The van der Waals surface area contributed by atoms with Gasteiger partial charge in [-0.15, -0.1) is 0 Å². The molecule has 0 saturated carbocycles. The van der Waals surface area contributed by atoms with Crippen molar-refractivity contribution in [2.75, 3.05) is 0 Å². The normalized spacial score (nSPS) is 15.4. The molecule has 20 heavy (non-hydrogen) atoms. The van der Waals surface area contributed by atoms with Crippen molar-refractivity contribution in [2.24, 2.45) is 0 Å². The molecular weight excluding hydrogens is 248 g/mol. The van der Waals surface area contributed by atoms with Crippen LogP contribution in [0.5, 0.6) is 0 Å².